The first-order valence-corrected chi connectivity index (χ1v) is 14.1. The Morgan fingerprint density at radius 3 is 1.73 bits per heavy atom. The second-order valence-electron chi connectivity index (χ2n) is 9.97. The van der Waals surface area contributed by atoms with Crippen LogP contribution in [-0.4, -0.2) is 16.0 Å². The van der Waals surface area contributed by atoms with Crippen molar-refractivity contribution in [2.24, 2.45) is 0 Å². The smallest absolute Gasteiger partial charge is 0.182 e. The molecule has 0 aliphatic heterocycles. The highest BCUT2D eigenvalue weighted by atomic mass is 16.5. The number of ether oxygens (including phenoxy) is 3. The van der Waals surface area contributed by atoms with Gasteiger partial charge in [0.1, 0.15) is 37.1 Å². The summed E-state index contributed by atoms with van der Waals surface area (Å²) in [4.78, 5) is 12.7. The van der Waals surface area contributed by atoms with Gasteiger partial charge in [0.2, 0.25) is 0 Å². The van der Waals surface area contributed by atoms with E-state index in [9.17, 15) is 15.0 Å². The third kappa shape index (κ3) is 8.63. The number of phenolic OH excluding ortho intramolecular Hbond substituents is 1. The van der Waals surface area contributed by atoms with Gasteiger partial charge in [-0.2, -0.15) is 0 Å². The molecule has 0 saturated carbocycles. The molecule has 5 rings (SSSR count). The number of carbonyl (C=O) groups is 1. The number of benzene rings is 5. The summed E-state index contributed by atoms with van der Waals surface area (Å²) in [5.41, 5.74) is 3.86. The number of allylic oxidation sites excluding steroid dienone is 2. The molecule has 2 N–H and O–H groups in total. The lowest BCUT2D eigenvalue weighted by molar-refractivity contribution is -0.110. The molecule has 0 heterocycles. The number of phenols is 1. The van der Waals surface area contributed by atoms with Gasteiger partial charge in [-0.1, -0.05) is 103 Å². The number of hydrogen-bond acceptors (Lipinski definition) is 6. The summed E-state index contributed by atoms with van der Waals surface area (Å²) in [6.45, 7) is 1.07. The molecule has 220 valence electrons. The highest BCUT2D eigenvalue weighted by molar-refractivity contribution is 6.05. The Labute approximate surface area is 256 Å². The van der Waals surface area contributed by atoms with E-state index in [1.54, 1.807) is 24.3 Å². The molecule has 0 aliphatic carbocycles. The maximum Gasteiger partial charge on any atom is 0.182 e. The van der Waals surface area contributed by atoms with E-state index in [-0.39, 0.29) is 17.1 Å². The Balaban J connectivity index is 1.25. The SMILES string of the molecule is O=C(/C=C(\O)c1ccc(OCc2ccccc2)cc1O)/C=C/c1ccc(OCc2ccccc2)c(OCc2ccccc2)c1. The molecule has 0 aromatic heterocycles. The highest BCUT2D eigenvalue weighted by Crippen LogP contribution is 2.31. The number of aromatic hydroxyl groups is 1. The molecule has 6 nitrogen and oxygen atoms in total. The zero-order chi connectivity index (χ0) is 30.6. The Kier molecular flexibility index (Phi) is 10.1. The first-order chi connectivity index (χ1) is 21.5. The van der Waals surface area contributed by atoms with Gasteiger partial charge in [-0.05, 0) is 52.6 Å². The van der Waals surface area contributed by atoms with Crippen LogP contribution in [0.2, 0.25) is 0 Å². The Morgan fingerprint density at radius 1 is 0.614 bits per heavy atom. The molecule has 0 fully saturated rings. The lowest BCUT2D eigenvalue weighted by atomic mass is 10.1. The number of aliphatic hydroxyl groups is 1. The molecule has 5 aromatic rings. The van der Waals surface area contributed by atoms with Crippen LogP contribution in [0.3, 0.4) is 0 Å². The summed E-state index contributed by atoms with van der Waals surface area (Å²) < 4.78 is 17.9. The van der Waals surface area contributed by atoms with Crippen LogP contribution in [0.5, 0.6) is 23.0 Å². The Hall–Kier alpha value is -5.75. The minimum atomic E-state index is -0.456. The fraction of sp³-hybridized carbons (Fsp3) is 0.0789. The molecule has 0 aliphatic rings. The molecule has 0 atom stereocenters. The van der Waals surface area contributed by atoms with Crippen LogP contribution >= 0.6 is 0 Å². The van der Waals surface area contributed by atoms with Gasteiger partial charge in [-0.15, -0.1) is 0 Å². The number of rotatable bonds is 13. The van der Waals surface area contributed by atoms with E-state index in [2.05, 4.69) is 0 Å². The van der Waals surface area contributed by atoms with Crippen LogP contribution in [0.4, 0.5) is 0 Å². The summed E-state index contributed by atoms with van der Waals surface area (Å²) >= 11 is 0. The first-order valence-electron chi connectivity index (χ1n) is 14.1. The van der Waals surface area contributed by atoms with Crippen LogP contribution < -0.4 is 14.2 Å². The molecular weight excluding hydrogens is 552 g/mol. The standard InChI is InChI=1S/C38H32O6/c39-32(23-35(40)34-20-19-33(24-36(34)41)42-25-29-10-4-1-5-11-29)18-16-28-17-21-37(43-26-30-12-6-2-7-13-30)38(22-28)44-27-31-14-8-3-9-15-31/h1-24,40-41H,25-27H2/b18-16+,35-23-. The topological polar surface area (TPSA) is 85.2 Å². The molecule has 6 heteroatoms. The fourth-order valence-electron chi connectivity index (χ4n) is 4.33. The lowest BCUT2D eigenvalue weighted by Crippen LogP contribution is -2.01. The monoisotopic (exact) mass is 584 g/mol. The van der Waals surface area contributed by atoms with Crippen molar-refractivity contribution in [3.05, 3.63) is 167 Å². The quantitative estimate of drug-likeness (QED) is 0.107. The third-order valence-electron chi connectivity index (χ3n) is 6.65. The predicted molar refractivity (Wildman–Crippen MR) is 172 cm³/mol. The van der Waals surface area contributed by atoms with Crippen LogP contribution in [0.15, 0.2) is 140 Å². The molecule has 0 unspecified atom stereocenters. The van der Waals surface area contributed by atoms with Gasteiger partial charge < -0.3 is 24.4 Å². The zero-order valence-electron chi connectivity index (χ0n) is 24.0. The van der Waals surface area contributed by atoms with Crippen molar-refractivity contribution in [1.29, 1.82) is 0 Å². The van der Waals surface area contributed by atoms with E-state index in [1.807, 2.05) is 97.1 Å². The third-order valence-corrected chi connectivity index (χ3v) is 6.65. The molecule has 5 aromatic carbocycles. The Morgan fingerprint density at radius 2 is 1.16 bits per heavy atom. The van der Waals surface area contributed by atoms with E-state index >= 15 is 0 Å². The van der Waals surface area contributed by atoms with Gasteiger partial charge in [0.25, 0.3) is 0 Å². The van der Waals surface area contributed by atoms with Gasteiger partial charge in [0.15, 0.2) is 17.3 Å². The summed E-state index contributed by atoms with van der Waals surface area (Å²) in [5.74, 6) is 0.545. The average Bonchev–Trinajstić information content (AvgIpc) is 3.06. The van der Waals surface area contributed by atoms with Crippen LogP contribution in [0, 0.1) is 0 Å². The predicted octanol–water partition coefficient (Wildman–Crippen LogP) is 8.31. The van der Waals surface area contributed by atoms with E-state index in [0.29, 0.717) is 42.6 Å². The van der Waals surface area contributed by atoms with Gasteiger partial charge in [0, 0.05) is 12.1 Å². The molecule has 0 spiro atoms. The summed E-state index contributed by atoms with van der Waals surface area (Å²) in [7, 11) is 0. The van der Waals surface area contributed by atoms with Gasteiger partial charge in [-0.3, -0.25) is 4.79 Å². The summed E-state index contributed by atoms with van der Waals surface area (Å²) in [5, 5.41) is 21.0. The van der Waals surface area contributed by atoms with Crippen LogP contribution in [0.1, 0.15) is 27.8 Å². The largest absolute Gasteiger partial charge is 0.507 e. The zero-order valence-corrected chi connectivity index (χ0v) is 24.0. The number of hydrogen-bond donors (Lipinski definition) is 2. The summed E-state index contributed by atoms with van der Waals surface area (Å²) in [6.07, 6.45) is 4.02. The maximum absolute atomic E-state index is 12.7. The van der Waals surface area contributed by atoms with E-state index in [0.717, 1.165) is 22.8 Å². The molecule has 0 saturated heterocycles. The van der Waals surface area contributed by atoms with Gasteiger partial charge >= 0.3 is 0 Å². The van der Waals surface area contributed by atoms with E-state index < -0.39 is 5.78 Å². The normalized spacial score (nSPS) is 11.3. The number of ketones is 1. The van der Waals surface area contributed by atoms with Gasteiger partial charge in [-0.25, -0.2) is 0 Å². The molecule has 0 radical (unpaired) electrons. The van der Waals surface area contributed by atoms with Crippen molar-refractivity contribution in [2.75, 3.05) is 0 Å². The van der Waals surface area contributed by atoms with Crippen molar-refractivity contribution in [1.82, 2.24) is 0 Å². The Bertz CT molecular complexity index is 1730. The molecule has 0 bridgehead atoms. The minimum Gasteiger partial charge on any atom is -0.507 e. The van der Waals surface area contributed by atoms with Crippen molar-refractivity contribution in [3.63, 3.8) is 0 Å². The van der Waals surface area contributed by atoms with Crippen molar-refractivity contribution in [2.45, 2.75) is 19.8 Å². The minimum absolute atomic E-state index is 0.121. The fourth-order valence-corrected chi connectivity index (χ4v) is 4.33. The lowest BCUT2D eigenvalue weighted by Gasteiger charge is -2.14. The second-order valence-corrected chi connectivity index (χ2v) is 9.97. The van der Waals surface area contributed by atoms with E-state index in [1.165, 1.54) is 18.2 Å². The number of carbonyl (C=O) groups excluding carboxylic acids is 1. The van der Waals surface area contributed by atoms with E-state index in [4.69, 9.17) is 14.2 Å². The molecular formula is C38H32O6. The maximum atomic E-state index is 12.7. The number of aliphatic hydroxyl groups excluding tert-OH is 1. The van der Waals surface area contributed by atoms with Crippen molar-refractivity contribution in [3.8, 4) is 23.0 Å². The summed E-state index contributed by atoms with van der Waals surface area (Å²) in [6, 6.07) is 39.3. The van der Waals surface area contributed by atoms with Crippen LogP contribution in [-0.2, 0) is 24.6 Å². The molecule has 0 amide bonds. The highest BCUT2D eigenvalue weighted by Gasteiger charge is 2.11. The molecule has 44 heavy (non-hydrogen) atoms. The van der Waals surface area contributed by atoms with Gasteiger partial charge in [0.05, 0.1) is 5.56 Å². The van der Waals surface area contributed by atoms with Crippen molar-refractivity contribution >= 4 is 17.6 Å². The first kappa shape index (κ1) is 29.7. The second kappa shape index (κ2) is 14.9. The van der Waals surface area contributed by atoms with Crippen molar-refractivity contribution < 1.29 is 29.2 Å². The average molecular weight is 585 g/mol. The van der Waals surface area contributed by atoms with Crippen LogP contribution in [0.25, 0.3) is 11.8 Å².